The molecule has 0 spiro atoms. The predicted octanol–water partition coefficient (Wildman–Crippen LogP) is 2.89. The first-order chi connectivity index (χ1) is 17.8. The van der Waals surface area contributed by atoms with Gasteiger partial charge in [-0.05, 0) is 36.4 Å². The number of hydroxylamine groups is 2. The lowest BCUT2D eigenvalue weighted by Gasteiger charge is -2.47. The Morgan fingerprint density at radius 3 is 2.29 bits per heavy atom. The molecule has 3 aromatic rings. The molecule has 0 unspecified atom stereocenters. The Hall–Kier alpha value is -3.07. The molecule has 1 aromatic heterocycles. The van der Waals surface area contributed by atoms with Crippen molar-refractivity contribution in [1.82, 2.24) is 13.9 Å². The topological polar surface area (TPSA) is 140 Å². The van der Waals surface area contributed by atoms with Crippen molar-refractivity contribution in [2.24, 2.45) is 0 Å². The summed E-state index contributed by atoms with van der Waals surface area (Å²) in [5, 5.41) is 16.2. The van der Waals surface area contributed by atoms with E-state index in [4.69, 9.17) is 11.6 Å². The van der Waals surface area contributed by atoms with Gasteiger partial charge in [0.25, 0.3) is 5.91 Å². The fourth-order valence-electron chi connectivity index (χ4n) is 4.07. The number of aromatic nitrogens is 1. The summed E-state index contributed by atoms with van der Waals surface area (Å²) in [5.41, 5.74) is 1.05. The highest BCUT2D eigenvalue weighted by atomic mass is 35.5. The number of hydrogen-bond donors (Lipinski definition) is 1. The zero-order valence-corrected chi connectivity index (χ0v) is 23.0. The highest BCUT2D eigenvalue weighted by Gasteiger charge is 2.34. The van der Waals surface area contributed by atoms with E-state index in [2.05, 4.69) is 10.3 Å². The van der Waals surface area contributed by atoms with E-state index in [1.807, 2.05) is 0 Å². The average molecular weight is 580 g/mol. The lowest BCUT2D eigenvalue weighted by Crippen LogP contribution is -2.58. The Kier molecular flexibility index (Phi) is 7.79. The molecule has 1 fully saturated rings. The standard InChI is InChI=1S/C24H26ClN5O6S2/c1-28(37(2,33)34)23-6-4-3-5-22(23)24(31)27-19-7-9-21(10-8-19)38(35,36)29-11-13-30(32,14-12-29)20-15-18(25)16-26-17-20/h3-10,15-17H,11-14H2,1-2H3,(H,27,31). The van der Waals surface area contributed by atoms with Crippen LogP contribution in [0.3, 0.4) is 0 Å². The van der Waals surface area contributed by atoms with Crippen molar-refractivity contribution < 1.29 is 21.6 Å². The highest BCUT2D eigenvalue weighted by molar-refractivity contribution is 7.92. The molecule has 2 heterocycles. The van der Waals surface area contributed by atoms with Gasteiger partial charge in [0.15, 0.2) is 5.69 Å². The molecule has 38 heavy (non-hydrogen) atoms. The van der Waals surface area contributed by atoms with Crippen LogP contribution in [0.4, 0.5) is 17.1 Å². The third kappa shape index (κ3) is 5.82. The summed E-state index contributed by atoms with van der Waals surface area (Å²) in [7, 11) is -6.12. The molecule has 1 aliphatic heterocycles. The van der Waals surface area contributed by atoms with Gasteiger partial charge in [0, 0.05) is 25.0 Å². The Labute approximate surface area is 226 Å². The normalized spacial score (nSPS) is 16.1. The third-order valence-corrected chi connectivity index (χ3v) is 9.63. The minimum Gasteiger partial charge on any atom is -0.627 e. The van der Waals surface area contributed by atoms with Crippen molar-refractivity contribution in [2.75, 3.05) is 49.1 Å². The zero-order valence-electron chi connectivity index (χ0n) is 20.6. The number of benzene rings is 2. The van der Waals surface area contributed by atoms with Crippen molar-refractivity contribution in [3.8, 4) is 0 Å². The van der Waals surface area contributed by atoms with Gasteiger partial charge < -0.3 is 15.2 Å². The van der Waals surface area contributed by atoms with Crippen LogP contribution in [0, 0.1) is 5.21 Å². The van der Waals surface area contributed by atoms with Gasteiger partial charge in [-0.1, -0.05) is 23.7 Å². The van der Waals surface area contributed by atoms with Crippen LogP contribution in [0.25, 0.3) is 0 Å². The Morgan fingerprint density at radius 2 is 1.68 bits per heavy atom. The molecule has 0 aliphatic carbocycles. The first-order valence-electron chi connectivity index (χ1n) is 11.4. The first kappa shape index (κ1) is 28.0. The fraction of sp³-hybridized carbons (Fsp3) is 0.250. The number of nitrogens with zero attached hydrogens (tertiary/aromatic N) is 4. The van der Waals surface area contributed by atoms with E-state index < -0.39 is 30.6 Å². The number of rotatable bonds is 7. The maximum Gasteiger partial charge on any atom is 0.257 e. The second-order valence-corrected chi connectivity index (χ2v) is 13.2. The van der Waals surface area contributed by atoms with Gasteiger partial charge in [-0.25, -0.2) is 16.8 Å². The Morgan fingerprint density at radius 1 is 1.05 bits per heavy atom. The van der Waals surface area contributed by atoms with E-state index in [0.29, 0.717) is 16.4 Å². The van der Waals surface area contributed by atoms with Gasteiger partial charge in [-0.2, -0.15) is 4.31 Å². The number of para-hydroxylation sites is 1. The quantitative estimate of drug-likeness (QED) is 0.335. The molecule has 0 bridgehead atoms. The van der Waals surface area contributed by atoms with Crippen LogP contribution >= 0.6 is 11.6 Å². The van der Waals surface area contributed by atoms with E-state index in [-0.39, 0.29) is 42.3 Å². The fourth-order valence-corrected chi connectivity index (χ4v) is 6.18. The SMILES string of the molecule is CN(c1ccccc1C(=O)Nc1ccc(S(=O)(=O)N2CC[N+]([O-])(c3cncc(Cl)c3)CC2)cc1)S(C)(=O)=O. The van der Waals surface area contributed by atoms with Crippen LogP contribution in [0.2, 0.25) is 5.02 Å². The van der Waals surface area contributed by atoms with Gasteiger partial charge in [-0.15, -0.1) is 0 Å². The Balaban J connectivity index is 1.46. The number of nitrogens with one attached hydrogen (secondary N) is 1. The second kappa shape index (κ2) is 10.6. The molecular formula is C24H26ClN5O6S2. The number of hydrogen-bond acceptors (Lipinski definition) is 7. The number of carbonyl (C=O) groups is 1. The minimum atomic E-state index is -3.88. The summed E-state index contributed by atoms with van der Waals surface area (Å²) in [5.74, 6) is -0.553. The van der Waals surface area contributed by atoms with Crippen LogP contribution in [-0.2, 0) is 20.0 Å². The van der Waals surface area contributed by atoms with E-state index in [9.17, 15) is 26.8 Å². The van der Waals surface area contributed by atoms with Crippen LogP contribution in [0.1, 0.15) is 10.4 Å². The molecule has 14 heteroatoms. The van der Waals surface area contributed by atoms with E-state index >= 15 is 0 Å². The molecule has 202 valence electrons. The monoisotopic (exact) mass is 579 g/mol. The number of quaternary nitrogens is 1. The predicted molar refractivity (Wildman–Crippen MR) is 147 cm³/mol. The number of pyridine rings is 1. The summed E-state index contributed by atoms with van der Waals surface area (Å²) in [6, 6.07) is 13.4. The largest absolute Gasteiger partial charge is 0.627 e. The summed E-state index contributed by atoms with van der Waals surface area (Å²) in [6.45, 7) is 0.0520. The van der Waals surface area contributed by atoms with Crippen molar-refractivity contribution in [2.45, 2.75) is 4.90 Å². The van der Waals surface area contributed by atoms with Crippen molar-refractivity contribution >= 4 is 54.6 Å². The zero-order chi connectivity index (χ0) is 27.7. The van der Waals surface area contributed by atoms with Gasteiger partial charge in [0.05, 0.1) is 59.8 Å². The van der Waals surface area contributed by atoms with Crippen molar-refractivity contribution in [3.05, 3.63) is 82.8 Å². The highest BCUT2D eigenvalue weighted by Crippen LogP contribution is 2.29. The first-order valence-corrected chi connectivity index (χ1v) is 15.1. The molecule has 2 aromatic carbocycles. The number of halogens is 1. The van der Waals surface area contributed by atoms with E-state index in [0.717, 1.165) is 10.6 Å². The van der Waals surface area contributed by atoms with Gasteiger partial charge >= 0.3 is 0 Å². The molecule has 1 aliphatic rings. The summed E-state index contributed by atoms with van der Waals surface area (Å²) >= 11 is 5.96. The van der Waals surface area contributed by atoms with Gasteiger partial charge in [0.1, 0.15) is 0 Å². The summed E-state index contributed by atoms with van der Waals surface area (Å²) < 4.78 is 51.8. The molecule has 1 amide bonds. The minimum absolute atomic E-state index is 0.0106. The van der Waals surface area contributed by atoms with Crippen LogP contribution < -0.4 is 14.3 Å². The van der Waals surface area contributed by atoms with Crippen molar-refractivity contribution in [3.63, 3.8) is 0 Å². The van der Waals surface area contributed by atoms with Gasteiger partial charge in [-0.3, -0.25) is 14.1 Å². The number of amides is 1. The number of carbonyl (C=O) groups excluding carboxylic acids is 1. The van der Waals surface area contributed by atoms with E-state index in [1.165, 1.54) is 66.2 Å². The maximum atomic E-state index is 13.2. The number of anilines is 2. The maximum absolute atomic E-state index is 13.2. The second-order valence-electron chi connectivity index (χ2n) is 8.83. The number of sulfonamides is 2. The molecule has 0 radical (unpaired) electrons. The van der Waals surface area contributed by atoms with Crippen LogP contribution in [0.5, 0.6) is 0 Å². The molecular weight excluding hydrogens is 554 g/mol. The van der Waals surface area contributed by atoms with Crippen LogP contribution in [-0.4, -0.2) is 71.5 Å². The number of piperazine rings is 1. The molecule has 0 atom stereocenters. The van der Waals surface area contributed by atoms with Crippen LogP contribution in [0.15, 0.2) is 71.9 Å². The smallest absolute Gasteiger partial charge is 0.257 e. The average Bonchev–Trinajstić information content (AvgIpc) is 2.88. The molecule has 11 nitrogen and oxygen atoms in total. The van der Waals surface area contributed by atoms with E-state index in [1.54, 1.807) is 12.1 Å². The molecule has 1 N–H and O–H groups in total. The third-order valence-electron chi connectivity index (χ3n) is 6.32. The van der Waals surface area contributed by atoms with Crippen molar-refractivity contribution in [1.29, 1.82) is 0 Å². The molecule has 4 rings (SSSR count). The lowest BCUT2D eigenvalue weighted by atomic mass is 10.1. The summed E-state index contributed by atoms with van der Waals surface area (Å²) in [6.07, 6.45) is 3.90. The molecule has 1 saturated heterocycles. The lowest BCUT2D eigenvalue weighted by molar-refractivity contribution is 0.102. The molecule has 0 saturated carbocycles. The van der Waals surface area contributed by atoms with Gasteiger partial charge in [0.2, 0.25) is 20.0 Å². The summed E-state index contributed by atoms with van der Waals surface area (Å²) in [4.78, 5) is 16.9. The Bertz CT molecular complexity index is 1560.